The minimum atomic E-state index is -0.916. The zero-order valence-electron chi connectivity index (χ0n) is 10.2. The first-order chi connectivity index (χ1) is 8.61. The number of carbonyl (C=O) groups excluding carboxylic acids is 1. The van der Waals surface area contributed by atoms with E-state index in [-0.39, 0.29) is 12.4 Å². The fourth-order valence-corrected chi connectivity index (χ4v) is 1.89. The summed E-state index contributed by atoms with van der Waals surface area (Å²) in [5.74, 6) is -0.00344. The fourth-order valence-electron chi connectivity index (χ4n) is 1.89. The van der Waals surface area contributed by atoms with E-state index in [1.165, 1.54) is 4.90 Å². The van der Waals surface area contributed by atoms with Crippen LogP contribution in [0.1, 0.15) is 36.3 Å². The molecule has 1 fully saturated rings. The van der Waals surface area contributed by atoms with Crippen molar-refractivity contribution in [3.8, 4) is 0 Å². The molecule has 1 amide bonds. The Labute approximate surface area is 104 Å². The maximum atomic E-state index is 12.0. The molecule has 1 aliphatic rings. The zero-order valence-corrected chi connectivity index (χ0v) is 10.2. The van der Waals surface area contributed by atoms with Gasteiger partial charge in [0.05, 0.1) is 12.2 Å². The van der Waals surface area contributed by atoms with Crippen molar-refractivity contribution in [1.82, 2.24) is 15.1 Å². The molecule has 2 heterocycles. The molecule has 0 aromatic carbocycles. The molecule has 18 heavy (non-hydrogen) atoms. The minimum Gasteiger partial charge on any atom is -0.417 e. The number of aliphatic hydroxyl groups excluding tert-OH is 2. The first kappa shape index (κ1) is 13.0. The van der Waals surface area contributed by atoms with E-state index >= 15 is 0 Å². The van der Waals surface area contributed by atoms with Crippen LogP contribution in [0.15, 0.2) is 4.42 Å². The van der Waals surface area contributed by atoms with E-state index in [0.717, 1.165) is 6.42 Å². The Balaban J connectivity index is 2.02. The van der Waals surface area contributed by atoms with Crippen LogP contribution in [0.25, 0.3) is 0 Å². The van der Waals surface area contributed by atoms with Crippen molar-refractivity contribution in [3.63, 3.8) is 0 Å². The maximum absolute atomic E-state index is 12.0. The van der Waals surface area contributed by atoms with Gasteiger partial charge in [-0.05, 0) is 12.8 Å². The van der Waals surface area contributed by atoms with Gasteiger partial charge >= 0.3 is 11.8 Å². The molecule has 1 aromatic rings. The quantitative estimate of drug-likeness (QED) is 0.761. The molecule has 1 aromatic heterocycles. The zero-order chi connectivity index (χ0) is 13.1. The fraction of sp³-hybridized carbons (Fsp3) is 0.727. The molecule has 7 heteroatoms. The third-order valence-corrected chi connectivity index (χ3v) is 2.95. The molecule has 0 bridgehead atoms. The molecule has 100 valence electrons. The largest absolute Gasteiger partial charge is 0.417 e. The average molecular weight is 255 g/mol. The summed E-state index contributed by atoms with van der Waals surface area (Å²) in [4.78, 5) is 13.4. The number of aryl methyl sites for hydroxylation is 1. The summed E-state index contributed by atoms with van der Waals surface area (Å²) < 4.78 is 5.24. The van der Waals surface area contributed by atoms with Crippen LogP contribution in [-0.2, 0) is 6.42 Å². The van der Waals surface area contributed by atoms with Gasteiger partial charge in [0, 0.05) is 19.5 Å². The first-order valence-electron chi connectivity index (χ1n) is 6.09. The van der Waals surface area contributed by atoms with E-state index in [0.29, 0.717) is 25.3 Å². The predicted molar refractivity (Wildman–Crippen MR) is 60.8 cm³/mol. The summed E-state index contributed by atoms with van der Waals surface area (Å²) in [5, 5.41) is 26.4. The smallest absolute Gasteiger partial charge is 0.311 e. The Morgan fingerprint density at radius 3 is 2.89 bits per heavy atom. The lowest BCUT2D eigenvalue weighted by Crippen LogP contribution is -2.49. The highest BCUT2D eigenvalue weighted by Gasteiger charge is 2.31. The van der Waals surface area contributed by atoms with E-state index in [1.807, 2.05) is 6.92 Å². The second-order valence-electron chi connectivity index (χ2n) is 4.43. The van der Waals surface area contributed by atoms with E-state index in [9.17, 15) is 15.0 Å². The van der Waals surface area contributed by atoms with Crippen LogP contribution < -0.4 is 0 Å². The molecular weight excluding hydrogens is 238 g/mol. The lowest BCUT2D eigenvalue weighted by atomic mass is 10.1. The van der Waals surface area contributed by atoms with E-state index in [4.69, 9.17) is 4.42 Å². The standard InChI is InChI=1S/C11H17N3O4/c1-2-3-9-12-13-10(18-9)11(17)14-5-4-7(15)8(16)6-14/h7-8,15-16H,2-6H2,1H3/t7-,8-/m1/s1. The average Bonchev–Trinajstić information content (AvgIpc) is 2.81. The van der Waals surface area contributed by atoms with Crippen molar-refractivity contribution in [2.75, 3.05) is 13.1 Å². The Kier molecular flexibility index (Phi) is 3.93. The molecule has 2 N–H and O–H groups in total. The van der Waals surface area contributed by atoms with E-state index < -0.39 is 18.1 Å². The van der Waals surface area contributed by atoms with Gasteiger partial charge in [-0.3, -0.25) is 4.79 Å². The molecule has 1 aliphatic heterocycles. The van der Waals surface area contributed by atoms with Crippen molar-refractivity contribution < 1.29 is 19.4 Å². The van der Waals surface area contributed by atoms with Gasteiger partial charge in [0.1, 0.15) is 0 Å². The van der Waals surface area contributed by atoms with Gasteiger partial charge in [0.15, 0.2) is 0 Å². The predicted octanol–water partition coefficient (Wildman–Crippen LogP) is -0.410. The van der Waals surface area contributed by atoms with Crippen molar-refractivity contribution in [1.29, 1.82) is 0 Å². The van der Waals surface area contributed by atoms with E-state index in [1.54, 1.807) is 0 Å². The molecule has 0 saturated carbocycles. The van der Waals surface area contributed by atoms with Crippen LogP contribution in [0.5, 0.6) is 0 Å². The van der Waals surface area contributed by atoms with Gasteiger partial charge in [-0.1, -0.05) is 6.92 Å². The third-order valence-electron chi connectivity index (χ3n) is 2.95. The number of hydrogen-bond donors (Lipinski definition) is 2. The molecule has 1 saturated heterocycles. The highest BCUT2D eigenvalue weighted by molar-refractivity contribution is 5.89. The number of amides is 1. The van der Waals surface area contributed by atoms with Gasteiger partial charge in [-0.2, -0.15) is 0 Å². The molecule has 2 rings (SSSR count). The van der Waals surface area contributed by atoms with Crippen molar-refractivity contribution >= 4 is 5.91 Å². The molecule has 7 nitrogen and oxygen atoms in total. The SMILES string of the molecule is CCCc1nnc(C(=O)N2CC[C@@H](O)[C@H](O)C2)o1. The summed E-state index contributed by atoms with van der Waals surface area (Å²) >= 11 is 0. The number of nitrogens with zero attached hydrogens (tertiary/aromatic N) is 3. The number of aromatic nitrogens is 2. The monoisotopic (exact) mass is 255 g/mol. The van der Waals surface area contributed by atoms with E-state index in [2.05, 4.69) is 10.2 Å². The van der Waals surface area contributed by atoms with Gasteiger partial charge in [0.2, 0.25) is 5.89 Å². The van der Waals surface area contributed by atoms with Gasteiger partial charge < -0.3 is 19.5 Å². The second-order valence-corrected chi connectivity index (χ2v) is 4.43. The minimum absolute atomic E-state index is 0.0537. The van der Waals surface area contributed by atoms with Crippen LogP contribution in [-0.4, -0.2) is 56.5 Å². The number of hydrogen-bond acceptors (Lipinski definition) is 6. The normalized spacial score (nSPS) is 24.3. The topological polar surface area (TPSA) is 99.7 Å². The highest BCUT2D eigenvalue weighted by atomic mass is 16.4. The van der Waals surface area contributed by atoms with Gasteiger partial charge in [-0.15, -0.1) is 10.2 Å². The summed E-state index contributed by atoms with van der Waals surface area (Å²) in [7, 11) is 0. The molecule has 0 spiro atoms. The van der Waals surface area contributed by atoms with Crippen LogP contribution in [0.2, 0.25) is 0 Å². The molecule has 0 unspecified atom stereocenters. The van der Waals surface area contributed by atoms with Gasteiger partial charge in [0.25, 0.3) is 0 Å². The summed E-state index contributed by atoms with van der Waals surface area (Å²) in [6.45, 7) is 2.45. The maximum Gasteiger partial charge on any atom is 0.311 e. The number of likely N-dealkylation sites (tertiary alicyclic amines) is 1. The molecule has 0 radical (unpaired) electrons. The number of piperidine rings is 1. The lowest BCUT2D eigenvalue weighted by molar-refractivity contribution is -0.0330. The summed E-state index contributed by atoms with van der Waals surface area (Å²) in [6, 6.07) is 0. The summed E-state index contributed by atoms with van der Waals surface area (Å²) in [5.41, 5.74) is 0. The van der Waals surface area contributed by atoms with Crippen LogP contribution in [0.3, 0.4) is 0 Å². The van der Waals surface area contributed by atoms with Crippen LogP contribution in [0.4, 0.5) is 0 Å². The van der Waals surface area contributed by atoms with Crippen molar-refractivity contribution in [2.24, 2.45) is 0 Å². The van der Waals surface area contributed by atoms with Gasteiger partial charge in [-0.25, -0.2) is 0 Å². The van der Waals surface area contributed by atoms with Crippen LogP contribution >= 0.6 is 0 Å². The number of β-amino-alcohol motifs (C(OH)–C–C–N with tert-alkyl or cyclic N) is 1. The molecule has 0 aliphatic carbocycles. The second kappa shape index (κ2) is 5.45. The van der Waals surface area contributed by atoms with Crippen LogP contribution in [0, 0.1) is 0 Å². The Hall–Kier alpha value is -1.47. The Morgan fingerprint density at radius 1 is 1.44 bits per heavy atom. The number of aliphatic hydroxyl groups is 2. The Bertz CT molecular complexity index is 420. The number of rotatable bonds is 3. The highest BCUT2D eigenvalue weighted by Crippen LogP contribution is 2.14. The summed E-state index contributed by atoms with van der Waals surface area (Å²) in [6.07, 6.45) is 0.169. The van der Waals surface area contributed by atoms with Crippen molar-refractivity contribution in [3.05, 3.63) is 11.8 Å². The lowest BCUT2D eigenvalue weighted by Gasteiger charge is -2.32. The number of carbonyl (C=O) groups is 1. The van der Waals surface area contributed by atoms with Crippen molar-refractivity contribution in [2.45, 2.75) is 38.4 Å². The third kappa shape index (κ3) is 2.68. The molecular formula is C11H17N3O4. The first-order valence-corrected chi connectivity index (χ1v) is 6.09. The Morgan fingerprint density at radius 2 is 2.22 bits per heavy atom. The molecule has 2 atom stereocenters.